The molecule has 2 atom stereocenters. The number of hydrogen-bond donors (Lipinski definition) is 0. The van der Waals surface area contributed by atoms with Crippen LogP contribution in [0.5, 0.6) is 0 Å². The second kappa shape index (κ2) is 3.78. The Hall–Kier alpha value is -0.570. The van der Waals surface area contributed by atoms with Gasteiger partial charge in [-0.3, -0.25) is 4.79 Å². The van der Waals surface area contributed by atoms with Gasteiger partial charge >= 0.3 is 0 Å². The smallest absolute Gasteiger partial charge is 0.225 e. The first kappa shape index (κ1) is 9.64. The summed E-state index contributed by atoms with van der Waals surface area (Å²) in [5.74, 6) is 2.57. The zero-order chi connectivity index (χ0) is 10.3. The number of rotatable bonds is 1. The van der Waals surface area contributed by atoms with Crippen LogP contribution in [0.3, 0.4) is 0 Å². The van der Waals surface area contributed by atoms with Crippen LogP contribution in [0.4, 0.5) is 0 Å². The fraction of sp³-hybridized carbons (Fsp3) is 0.917. The topological polar surface area (TPSA) is 29.5 Å². The summed E-state index contributed by atoms with van der Waals surface area (Å²) in [6.07, 6.45) is 4.74. The maximum atomic E-state index is 12.2. The van der Waals surface area contributed by atoms with E-state index >= 15 is 0 Å². The third-order valence-corrected chi connectivity index (χ3v) is 4.13. The van der Waals surface area contributed by atoms with Gasteiger partial charge in [0.2, 0.25) is 5.91 Å². The predicted octanol–water partition coefficient (Wildman–Crippen LogP) is 1.28. The molecule has 15 heavy (non-hydrogen) atoms. The van der Waals surface area contributed by atoms with Crippen molar-refractivity contribution < 1.29 is 9.53 Å². The Kier molecular flexibility index (Phi) is 2.43. The van der Waals surface area contributed by atoms with E-state index in [9.17, 15) is 4.79 Å². The Morgan fingerprint density at radius 3 is 2.67 bits per heavy atom. The highest BCUT2D eigenvalue weighted by Gasteiger charge is 2.48. The lowest BCUT2D eigenvalue weighted by atomic mass is 10.0. The molecule has 2 saturated carbocycles. The van der Waals surface area contributed by atoms with E-state index in [4.69, 9.17) is 4.74 Å². The molecule has 0 N–H and O–H groups in total. The average molecular weight is 209 g/mol. The molecule has 0 aromatic heterocycles. The van der Waals surface area contributed by atoms with Gasteiger partial charge in [-0.15, -0.1) is 0 Å². The number of fused-ring (bicyclic) bond motifs is 1. The fourth-order valence-electron chi connectivity index (χ4n) is 3.14. The number of carbonyl (C=O) groups excluding carboxylic acids is 1. The maximum Gasteiger partial charge on any atom is 0.225 e. The minimum absolute atomic E-state index is 0.354. The summed E-state index contributed by atoms with van der Waals surface area (Å²) in [6.45, 7) is 3.26. The largest absolute Gasteiger partial charge is 0.380 e. The molecule has 0 bridgehead atoms. The average Bonchev–Trinajstić information content (AvgIpc) is 2.95. The fourth-order valence-corrected chi connectivity index (χ4v) is 3.14. The van der Waals surface area contributed by atoms with Gasteiger partial charge in [0.15, 0.2) is 0 Å². The van der Waals surface area contributed by atoms with Crippen molar-refractivity contribution in [2.75, 3.05) is 26.3 Å². The van der Waals surface area contributed by atoms with Crippen molar-refractivity contribution in [2.45, 2.75) is 25.7 Å². The van der Waals surface area contributed by atoms with Crippen LogP contribution in [0.25, 0.3) is 0 Å². The highest BCUT2D eigenvalue weighted by atomic mass is 16.5. The van der Waals surface area contributed by atoms with Crippen LogP contribution in [0.2, 0.25) is 0 Å². The zero-order valence-electron chi connectivity index (χ0n) is 9.15. The quantitative estimate of drug-likeness (QED) is 0.651. The summed E-state index contributed by atoms with van der Waals surface area (Å²) in [5, 5.41) is 0. The lowest BCUT2D eigenvalue weighted by Gasteiger charge is -2.23. The zero-order valence-corrected chi connectivity index (χ0v) is 9.15. The van der Waals surface area contributed by atoms with E-state index in [0.717, 1.165) is 44.6 Å². The van der Waals surface area contributed by atoms with Crippen LogP contribution >= 0.6 is 0 Å². The predicted molar refractivity (Wildman–Crippen MR) is 56.3 cm³/mol. The molecule has 1 heterocycles. The molecular formula is C12H19NO2. The van der Waals surface area contributed by atoms with Crippen LogP contribution in [0.1, 0.15) is 25.7 Å². The summed E-state index contributed by atoms with van der Waals surface area (Å²) < 4.78 is 5.37. The van der Waals surface area contributed by atoms with Gasteiger partial charge in [0.1, 0.15) is 0 Å². The highest BCUT2D eigenvalue weighted by molar-refractivity contribution is 5.79. The number of nitrogens with zero attached hydrogens (tertiary/aromatic N) is 1. The van der Waals surface area contributed by atoms with Crippen molar-refractivity contribution >= 4 is 5.91 Å². The van der Waals surface area contributed by atoms with Crippen LogP contribution in [-0.2, 0) is 9.53 Å². The Balaban J connectivity index is 1.58. The molecule has 3 fully saturated rings. The van der Waals surface area contributed by atoms with Gasteiger partial charge in [-0.05, 0) is 37.5 Å². The summed E-state index contributed by atoms with van der Waals surface area (Å²) in [5.41, 5.74) is 0. The second-order valence-electron chi connectivity index (χ2n) is 5.22. The molecule has 0 aromatic rings. The molecule has 0 radical (unpaired) electrons. The Labute approximate surface area is 90.8 Å². The molecule has 1 saturated heterocycles. The standard InChI is InChI=1S/C12H19NO2/c14-12(11-7-9-6-10(9)8-11)13-2-1-4-15-5-3-13/h9-11H,1-8H2. The summed E-state index contributed by atoms with van der Waals surface area (Å²) in [4.78, 5) is 14.2. The van der Waals surface area contributed by atoms with Crippen molar-refractivity contribution in [3.63, 3.8) is 0 Å². The van der Waals surface area contributed by atoms with E-state index in [-0.39, 0.29) is 0 Å². The lowest BCUT2D eigenvalue weighted by molar-refractivity contribution is -0.135. The van der Waals surface area contributed by atoms with Gasteiger partial charge in [0, 0.05) is 25.6 Å². The number of carbonyl (C=O) groups is 1. The molecule has 2 aliphatic carbocycles. The van der Waals surface area contributed by atoms with E-state index in [1.807, 2.05) is 4.90 Å². The molecule has 1 amide bonds. The van der Waals surface area contributed by atoms with Crippen LogP contribution in [0.15, 0.2) is 0 Å². The van der Waals surface area contributed by atoms with Crippen LogP contribution in [-0.4, -0.2) is 37.1 Å². The maximum absolute atomic E-state index is 12.2. The van der Waals surface area contributed by atoms with Crippen molar-refractivity contribution in [1.82, 2.24) is 4.90 Å². The first-order valence-electron chi connectivity index (χ1n) is 6.21. The molecule has 3 nitrogen and oxygen atoms in total. The molecule has 1 aliphatic heterocycles. The van der Waals surface area contributed by atoms with Gasteiger partial charge in [0.05, 0.1) is 6.61 Å². The Bertz CT molecular complexity index is 248. The van der Waals surface area contributed by atoms with E-state index in [1.54, 1.807) is 0 Å². The summed E-state index contributed by atoms with van der Waals surface area (Å²) in [6, 6.07) is 0. The second-order valence-corrected chi connectivity index (χ2v) is 5.22. The third-order valence-electron chi connectivity index (χ3n) is 4.13. The van der Waals surface area contributed by atoms with E-state index < -0.39 is 0 Å². The molecule has 3 heteroatoms. The normalized spacial score (nSPS) is 39.7. The molecule has 84 valence electrons. The molecule has 0 spiro atoms. The Morgan fingerprint density at radius 1 is 1.07 bits per heavy atom. The third kappa shape index (κ3) is 1.89. The van der Waals surface area contributed by atoms with E-state index in [1.165, 1.54) is 19.3 Å². The first-order valence-corrected chi connectivity index (χ1v) is 6.21. The molecule has 3 rings (SSSR count). The molecule has 2 unspecified atom stereocenters. The van der Waals surface area contributed by atoms with E-state index in [2.05, 4.69) is 0 Å². The summed E-state index contributed by atoms with van der Waals surface area (Å²) >= 11 is 0. The van der Waals surface area contributed by atoms with Crippen LogP contribution < -0.4 is 0 Å². The van der Waals surface area contributed by atoms with Gasteiger partial charge in [-0.1, -0.05) is 0 Å². The number of ether oxygens (including phenoxy) is 1. The minimum Gasteiger partial charge on any atom is -0.380 e. The van der Waals surface area contributed by atoms with Crippen molar-refractivity contribution in [3.05, 3.63) is 0 Å². The van der Waals surface area contributed by atoms with Gasteiger partial charge in [0.25, 0.3) is 0 Å². The van der Waals surface area contributed by atoms with E-state index in [0.29, 0.717) is 11.8 Å². The van der Waals surface area contributed by atoms with Crippen molar-refractivity contribution in [1.29, 1.82) is 0 Å². The minimum atomic E-state index is 0.354. The SMILES string of the molecule is O=C(C1CC2CC2C1)N1CCCOCC1. The monoisotopic (exact) mass is 209 g/mol. The Morgan fingerprint density at radius 2 is 1.87 bits per heavy atom. The van der Waals surface area contributed by atoms with Gasteiger partial charge in [-0.2, -0.15) is 0 Å². The van der Waals surface area contributed by atoms with Crippen molar-refractivity contribution in [2.24, 2.45) is 17.8 Å². The lowest BCUT2D eigenvalue weighted by Crippen LogP contribution is -2.37. The van der Waals surface area contributed by atoms with Gasteiger partial charge < -0.3 is 9.64 Å². The van der Waals surface area contributed by atoms with Crippen molar-refractivity contribution in [3.8, 4) is 0 Å². The highest BCUT2D eigenvalue weighted by Crippen LogP contribution is 2.54. The molecular weight excluding hydrogens is 190 g/mol. The summed E-state index contributed by atoms with van der Waals surface area (Å²) in [7, 11) is 0. The van der Waals surface area contributed by atoms with Gasteiger partial charge in [-0.25, -0.2) is 0 Å². The molecule has 3 aliphatic rings. The van der Waals surface area contributed by atoms with Crippen LogP contribution in [0, 0.1) is 17.8 Å². The molecule has 0 aromatic carbocycles. The number of hydrogen-bond acceptors (Lipinski definition) is 2. The number of amides is 1. The first-order chi connectivity index (χ1) is 7.34.